The summed E-state index contributed by atoms with van der Waals surface area (Å²) in [4.78, 5) is 34.0. The minimum absolute atomic E-state index is 0.00428. The monoisotopic (exact) mass is 513 g/mol. The van der Waals surface area contributed by atoms with Crippen molar-refractivity contribution in [3.63, 3.8) is 0 Å². The number of thioether (sulfide) groups is 1. The fraction of sp³-hybridized carbons (Fsp3) is 0.267. The summed E-state index contributed by atoms with van der Waals surface area (Å²) < 4.78 is 5.44. The SMILES string of the molecule is COc1ccccc1C=C1Sc2ccc(C(=O)N3CCN(c4cccc(C)c4C)CC3)cc2N(C)C1=O. The molecule has 0 N–H and O–H groups in total. The molecule has 2 amide bonds. The maximum Gasteiger partial charge on any atom is 0.264 e. The second-order valence-corrected chi connectivity index (χ2v) is 10.5. The third-order valence-electron chi connectivity index (χ3n) is 7.21. The van der Waals surface area contributed by atoms with Crippen LogP contribution in [0, 0.1) is 13.8 Å². The van der Waals surface area contributed by atoms with Gasteiger partial charge in [-0.1, -0.05) is 42.1 Å². The van der Waals surface area contributed by atoms with Crippen molar-refractivity contribution in [3.8, 4) is 5.75 Å². The fourth-order valence-corrected chi connectivity index (χ4v) is 5.95. The molecule has 2 heterocycles. The molecule has 7 heteroatoms. The largest absolute Gasteiger partial charge is 0.496 e. The highest BCUT2D eigenvalue weighted by Crippen LogP contribution is 2.42. The van der Waals surface area contributed by atoms with Crippen LogP contribution in [0.15, 0.2) is 70.5 Å². The number of carbonyl (C=O) groups excluding carboxylic acids is 2. The summed E-state index contributed by atoms with van der Waals surface area (Å²) in [5, 5.41) is 0. The molecule has 1 fully saturated rings. The number of fused-ring (bicyclic) bond motifs is 1. The standard InChI is InChI=1S/C30H31N3O3S/c1-20-8-7-10-24(21(20)2)32-14-16-33(17-15-32)29(34)23-12-13-27-25(18-23)31(3)30(35)28(37-27)19-22-9-5-6-11-26(22)36-4/h5-13,18-19H,14-17H2,1-4H3. The highest BCUT2D eigenvalue weighted by Gasteiger charge is 2.29. The molecule has 0 spiro atoms. The van der Waals surface area contributed by atoms with Crippen LogP contribution in [-0.2, 0) is 4.79 Å². The molecule has 5 rings (SSSR count). The minimum Gasteiger partial charge on any atom is -0.496 e. The Morgan fingerprint density at radius 3 is 2.46 bits per heavy atom. The van der Waals surface area contributed by atoms with E-state index in [4.69, 9.17) is 4.74 Å². The van der Waals surface area contributed by atoms with E-state index in [1.165, 1.54) is 28.6 Å². The van der Waals surface area contributed by atoms with Gasteiger partial charge in [-0.05, 0) is 61.4 Å². The van der Waals surface area contributed by atoms with Crippen LogP contribution in [0.5, 0.6) is 5.75 Å². The molecule has 2 aliphatic heterocycles. The van der Waals surface area contributed by atoms with E-state index in [9.17, 15) is 9.59 Å². The van der Waals surface area contributed by atoms with Crippen molar-refractivity contribution in [2.24, 2.45) is 0 Å². The van der Waals surface area contributed by atoms with E-state index >= 15 is 0 Å². The molecule has 0 saturated carbocycles. The van der Waals surface area contributed by atoms with Gasteiger partial charge in [-0.25, -0.2) is 0 Å². The van der Waals surface area contributed by atoms with Crippen molar-refractivity contribution in [3.05, 3.63) is 87.8 Å². The summed E-state index contributed by atoms with van der Waals surface area (Å²) in [5.74, 6) is 0.621. The zero-order chi connectivity index (χ0) is 26.1. The van der Waals surface area contributed by atoms with Crippen molar-refractivity contribution in [2.75, 3.05) is 50.1 Å². The van der Waals surface area contributed by atoms with E-state index in [0.717, 1.165) is 35.0 Å². The Labute approximate surface area is 222 Å². The van der Waals surface area contributed by atoms with Gasteiger partial charge in [0.25, 0.3) is 11.8 Å². The zero-order valence-electron chi connectivity index (χ0n) is 21.7. The van der Waals surface area contributed by atoms with E-state index in [0.29, 0.717) is 23.6 Å². The van der Waals surface area contributed by atoms with Crippen molar-refractivity contribution in [1.29, 1.82) is 0 Å². The average Bonchev–Trinajstić information content (AvgIpc) is 2.93. The molecule has 2 aliphatic rings. The topological polar surface area (TPSA) is 53.1 Å². The number of piperazine rings is 1. The number of benzene rings is 3. The van der Waals surface area contributed by atoms with E-state index in [1.807, 2.05) is 53.4 Å². The first kappa shape index (κ1) is 25.0. The predicted molar refractivity (Wildman–Crippen MR) is 151 cm³/mol. The van der Waals surface area contributed by atoms with E-state index in [2.05, 4.69) is 36.9 Å². The maximum atomic E-state index is 13.4. The smallest absolute Gasteiger partial charge is 0.264 e. The normalized spacial score (nSPS) is 16.7. The molecule has 190 valence electrons. The number of amides is 2. The number of aryl methyl sites for hydroxylation is 1. The molecule has 3 aromatic carbocycles. The van der Waals surface area contributed by atoms with Gasteiger partial charge in [0, 0.05) is 54.9 Å². The maximum absolute atomic E-state index is 13.4. The lowest BCUT2D eigenvalue weighted by Gasteiger charge is -2.37. The first-order valence-corrected chi connectivity index (χ1v) is 13.2. The van der Waals surface area contributed by atoms with Crippen LogP contribution in [-0.4, -0.2) is 57.1 Å². The fourth-order valence-electron chi connectivity index (χ4n) is 4.86. The zero-order valence-corrected chi connectivity index (χ0v) is 22.5. The van der Waals surface area contributed by atoms with Gasteiger partial charge in [-0.3, -0.25) is 9.59 Å². The van der Waals surface area contributed by atoms with Crippen molar-refractivity contribution in [1.82, 2.24) is 4.90 Å². The Hall–Kier alpha value is -3.71. The lowest BCUT2D eigenvalue weighted by atomic mass is 10.1. The van der Waals surface area contributed by atoms with Gasteiger partial charge in [-0.2, -0.15) is 0 Å². The number of para-hydroxylation sites is 1. The third-order valence-corrected chi connectivity index (χ3v) is 8.29. The lowest BCUT2D eigenvalue weighted by molar-refractivity contribution is -0.114. The molecular formula is C30H31N3O3S. The van der Waals surface area contributed by atoms with Crippen LogP contribution in [0.1, 0.15) is 27.0 Å². The van der Waals surface area contributed by atoms with Crippen molar-refractivity contribution >= 4 is 41.0 Å². The number of rotatable bonds is 4. The van der Waals surface area contributed by atoms with Gasteiger partial charge in [0.2, 0.25) is 0 Å². The van der Waals surface area contributed by atoms with Crippen molar-refractivity contribution in [2.45, 2.75) is 18.7 Å². The second-order valence-electron chi connectivity index (χ2n) is 9.40. The molecule has 0 aromatic heterocycles. The van der Waals surface area contributed by atoms with Crippen LogP contribution < -0.4 is 14.5 Å². The van der Waals surface area contributed by atoms with Crippen LogP contribution >= 0.6 is 11.8 Å². The van der Waals surface area contributed by atoms with E-state index in [1.54, 1.807) is 19.1 Å². The molecule has 0 aliphatic carbocycles. The summed E-state index contributed by atoms with van der Waals surface area (Å²) in [6.45, 7) is 7.21. The summed E-state index contributed by atoms with van der Waals surface area (Å²) in [6.07, 6.45) is 1.86. The number of likely N-dealkylation sites (N-methyl/N-ethyl adjacent to an activating group) is 1. The molecule has 0 radical (unpaired) electrons. The number of nitrogens with zero attached hydrogens (tertiary/aromatic N) is 3. The molecular weight excluding hydrogens is 482 g/mol. The number of hydrogen-bond donors (Lipinski definition) is 0. The first-order valence-electron chi connectivity index (χ1n) is 12.4. The average molecular weight is 514 g/mol. The Bertz CT molecular complexity index is 1390. The summed E-state index contributed by atoms with van der Waals surface area (Å²) in [5.41, 5.74) is 6.03. The quantitative estimate of drug-likeness (QED) is 0.438. The number of anilines is 2. The highest BCUT2D eigenvalue weighted by atomic mass is 32.2. The van der Waals surface area contributed by atoms with Gasteiger partial charge < -0.3 is 19.4 Å². The third kappa shape index (κ3) is 4.83. The Morgan fingerprint density at radius 2 is 1.70 bits per heavy atom. The van der Waals surface area contributed by atoms with Gasteiger partial charge >= 0.3 is 0 Å². The van der Waals surface area contributed by atoms with Gasteiger partial charge in [0.05, 0.1) is 17.7 Å². The Balaban J connectivity index is 1.32. The summed E-state index contributed by atoms with van der Waals surface area (Å²) in [7, 11) is 3.38. The molecule has 1 saturated heterocycles. The van der Waals surface area contributed by atoms with Crippen LogP contribution in [0.2, 0.25) is 0 Å². The van der Waals surface area contributed by atoms with Crippen LogP contribution in [0.25, 0.3) is 6.08 Å². The first-order chi connectivity index (χ1) is 17.9. The molecule has 6 nitrogen and oxygen atoms in total. The molecule has 0 bridgehead atoms. The number of hydrogen-bond acceptors (Lipinski definition) is 5. The predicted octanol–water partition coefficient (Wildman–Crippen LogP) is 5.38. The summed E-state index contributed by atoms with van der Waals surface area (Å²) >= 11 is 1.42. The van der Waals surface area contributed by atoms with Gasteiger partial charge in [0.1, 0.15) is 5.75 Å². The molecule has 37 heavy (non-hydrogen) atoms. The van der Waals surface area contributed by atoms with Crippen LogP contribution in [0.3, 0.4) is 0 Å². The van der Waals surface area contributed by atoms with Crippen LogP contribution in [0.4, 0.5) is 11.4 Å². The Kier molecular flexibility index (Phi) is 6.98. The lowest BCUT2D eigenvalue weighted by Crippen LogP contribution is -2.49. The Morgan fingerprint density at radius 1 is 0.946 bits per heavy atom. The number of methoxy groups -OCH3 is 1. The van der Waals surface area contributed by atoms with Crippen molar-refractivity contribution < 1.29 is 14.3 Å². The minimum atomic E-state index is -0.102. The van der Waals surface area contributed by atoms with E-state index in [-0.39, 0.29) is 11.8 Å². The number of ether oxygens (including phenoxy) is 1. The highest BCUT2D eigenvalue weighted by molar-refractivity contribution is 8.04. The van der Waals surface area contributed by atoms with Gasteiger partial charge in [0.15, 0.2) is 0 Å². The molecule has 0 atom stereocenters. The second kappa shape index (κ2) is 10.3. The van der Waals surface area contributed by atoms with E-state index < -0.39 is 0 Å². The molecule has 3 aromatic rings. The molecule has 0 unspecified atom stereocenters. The number of carbonyl (C=O) groups is 2. The summed E-state index contributed by atoms with van der Waals surface area (Å²) in [6, 6.07) is 19.7. The van der Waals surface area contributed by atoms with Gasteiger partial charge in [-0.15, -0.1) is 0 Å².